The van der Waals surface area contributed by atoms with Gasteiger partial charge in [-0.25, -0.2) is 0 Å². The molecule has 0 amide bonds. The van der Waals surface area contributed by atoms with E-state index in [-0.39, 0.29) is 29.6 Å². The molecule has 0 radical (unpaired) electrons. The average Bonchev–Trinajstić information content (AvgIpc) is 3.57. The summed E-state index contributed by atoms with van der Waals surface area (Å²) in [7, 11) is 0. The molecule has 0 bridgehead atoms. The Kier molecular flexibility index (Phi) is 22.5. The highest BCUT2D eigenvalue weighted by molar-refractivity contribution is 6.31. The third-order valence-electron chi connectivity index (χ3n) is 17.8. The van der Waals surface area contributed by atoms with Crippen LogP contribution in [0.15, 0.2) is 122 Å². The lowest BCUT2D eigenvalue weighted by Gasteiger charge is -2.25. The first kappa shape index (κ1) is 63.3. The molecule has 8 N–H and O–H groups in total. The number of ether oxygens (including phenoxy) is 2. The number of nitrogens with zero attached hydrogens (tertiary/aromatic N) is 2. The van der Waals surface area contributed by atoms with Crippen molar-refractivity contribution in [3.63, 3.8) is 0 Å². The fourth-order valence-electron chi connectivity index (χ4n) is 11.7. The smallest absolute Gasteiger partial charge is 0.133 e. The molecule has 4 aliphatic rings. The lowest BCUT2D eigenvalue weighted by atomic mass is 9.84. The van der Waals surface area contributed by atoms with Crippen LogP contribution in [0.4, 0.5) is 0 Å². The molecule has 0 unspecified atom stereocenters. The number of pyridine rings is 2. The highest BCUT2D eigenvalue weighted by atomic mass is 35.5. The van der Waals surface area contributed by atoms with E-state index in [4.69, 9.17) is 43.5 Å². The summed E-state index contributed by atoms with van der Waals surface area (Å²) in [5.74, 6) is 2.77. The van der Waals surface area contributed by atoms with Gasteiger partial charge in [0.1, 0.15) is 35.6 Å². The van der Waals surface area contributed by atoms with E-state index in [1.807, 2.05) is 36.8 Å². The molecule has 4 fully saturated rings. The van der Waals surface area contributed by atoms with Crippen molar-refractivity contribution >= 4 is 29.0 Å². The summed E-state index contributed by atoms with van der Waals surface area (Å²) >= 11 is 13.4. The van der Waals surface area contributed by atoms with Crippen molar-refractivity contribution in [2.75, 3.05) is 13.2 Å². The zero-order chi connectivity index (χ0) is 59.2. The van der Waals surface area contributed by atoms with Gasteiger partial charge in [0.2, 0.25) is 0 Å². The number of para-hydroxylation sites is 2. The molecule has 2 aromatic heterocycles. The Morgan fingerprint density at radius 3 is 1.73 bits per heavy atom. The van der Waals surface area contributed by atoms with Crippen LogP contribution in [0.5, 0.6) is 11.5 Å². The normalized spacial score (nSPS) is 17.9. The predicted molar refractivity (Wildman–Crippen MR) is 335 cm³/mol. The van der Waals surface area contributed by atoms with Crippen LogP contribution in [0.2, 0.25) is 10.0 Å². The second-order valence-corrected chi connectivity index (χ2v) is 25.3. The van der Waals surface area contributed by atoms with E-state index in [0.29, 0.717) is 30.5 Å². The summed E-state index contributed by atoms with van der Waals surface area (Å²) in [5.41, 5.74) is 17.9. The van der Waals surface area contributed by atoms with Gasteiger partial charge in [0, 0.05) is 70.9 Å². The summed E-state index contributed by atoms with van der Waals surface area (Å²) in [6.07, 6.45) is 20.7. The van der Waals surface area contributed by atoms with Crippen LogP contribution in [-0.4, -0.2) is 91.1 Å². The molecule has 0 aliphatic heterocycles. The molecular formula is C70H88Cl2N4O8. The lowest BCUT2D eigenvalue weighted by Crippen LogP contribution is -2.45. The molecule has 0 saturated heterocycles. The molecular weight excluding hydrogens is 1100 g/mol. The summed E-state index contributed by atoms with van der Waals surface area (Å²) in [6.45, 7) is 5.29. The number of unbranched alkanes of at least 4 members (excludes halogenated alkanes) is 3. The van der Waals surface area contributed by atoms with Crippen molar-refractivity contribution < 1.29 is 39.8 Å². The van der Waals surface area contributed by atoms with Gasteiger partial charge in [0.25, 0.3) is 0 Å². The van der Waals surface area contributed by atoms with E-state index in [1.165, 1.54) is 38.9 Å². The summed E-state index contributed by atoms with van der Waals surface area (Å²) in [4.78, 5) is 21.4. The van der Waals surface area contributed by atoms with Crippen LogP contribution in [0.25, 0.3) is 22.3 Å². The Labute approximate surface area is 507 Å². The number of halogens is 2. The first-order valence-electron chi connectivity index (χ1n) is 31.0. The number of nitrogens with one attached hydrogen (secondary N) is 1. The molecule has 6 aromatic rings. The predicted octanol–water partition coefficient (Wildman–Crippen LogP) is 13.4. The van der Waals surface area contributed by atoms with Crippen molar-refractivity contribution in [3.8, 4) is 33.8 Å². The molecule has 450 valence electrons. The number of benzene rings is 4. The van der Waals surface area contributed by atoms with Crippen molar-refractivity contribution in [1.29, 1.82) is 0 Å². The zero-order valence-electron chi connectivity index (χ0n) is 49.1. The van der Waals surface area contributed by atoms with Crippen molar-refractivity contribution in [2.45, 2.75) is 208 Å². The van der Waals surface area contributed by atoms with Gasteiger partial charge in [-0.3, -0.25) is 14.8 Å². The zero-order valence-corrected chi connectivity index (χ0v) is 50.6. The van der Waals surface area contributed by atoms with Gasteiger partial charge in [0.15, 0.2) is 0 Å². The highest BCUT2D eigenvalue weighted by Gasteiger charge is 2.47. The fraction of sp³-hybridized carbons (Fsp3) is 0.500. The second-order valence-electron chi connectivity index (χ2n) is 24.4. The maximum Gasteiger partial charge on any atom is 0.133 e. The Morgan fingerprint density at radius 2 is 1.17 bits per heavy atom. The number of carbonyl (C=O) groups is 1. The number of carbonyl (C=O) groups excluding carboxylic acids is 1. The quantitative estimate of drug-likeness (QED) is 0.0193. The number of ketones is 1. The average molecular weight is 1180 g/mol. The van der Waals surface area contributed by atoms with Crippen LogP contribution in [0.3, 0.4) is 0 Å². The van der Waals surface area contributed by atoms with Crippen molar-refractivity contribution in [1.82, 2.24) is 15.3 Å². The number of aliphatic hydroxyl groups is 5. The number of aryl methyl sites for hydroxylation is 1. The number of rotatable bonds is 33. The molecule has 0 spiro atoms. The summed E-state index contributed by atoms with van der Waals surface area (Å²) < 4.78 is 12.5. The maximum atomic E-state index is 12.3. The van der Waals surface area contributed by atoms with Gasteiger partial charge in [-0.05, 0) is 201 Å². The topological polar surface area (TPSA) is 201 Å². The molecule has 2 heterocycles. The summed E-state index contributed by atoms with van der Waals surface area (Å²) in [5, 5.41) is 53.5. The number of nitrogens with two attached hydrogens (primary N) is 1. The van der Waals surface area contributed by atoms with Gasteiger partial charge < -0.3 is 46.1 Å². The van der Waals surface area contributed by atoms with E-state index >= 15 is 0 Å². The number of hydrogen-bond acceptors (Lipinski definition) is 12. The van der Waals surface area contributed by atoms with E-state index in [1.54, 1.807) is 0 Å². The van der Waals surface area contributed by atoms with Gasteiger partial charge in [-0.1, -0.05) is 117 Å². The van der Waals surface area contributed by atoms with Crippen LogP contribution in [0, 0.1) is 0 Å². The molecule has 4 aromatic carbocycles. The van der Waals surface area contributed by atoms with Crippen LogP contribution in [0.1, 0.15) is 181 Å². The maximum absolute atomic E-state index is 12.3. The third-order valence-corrected chi connectivity index (χ3v) is 18.6. The number of hydrogen-bond donors (Lipinski definition) is 7. The highest BCUT2D eigenvalue weighted by Crippen LogP contribution is 2.55. The van der Waals surface area contributed by atoms with E-state index in [0.717, 1.165) is 160 Å². The Bertz CT molecular complexity index is 3090. The first-order valence-corrected chi connectivity index (χ1v) is 31.7. The summed E-state index contributed by atoms with van der Waals surface area (Å²) in [6, 6.07) is 33.9. The van der Waals surface area contributed by atoms with Crippen LogP contribution < -0.4 is 20.5 Å². The monoisotopic (exact) mass is 1180 g/mol. The molecule has 12 nitrogen and oxygen atoms in total. The first-order chi connectivity index (χ1) is 40.7. The number of aromatic nitrogens is 2. The molecule has 6 atom stereocenters. The standard InChI is InChI=1S/C40H52ClNO7.C30H36ClN3O/c1-26(7-3-2-4-8-29(44)12-16-35(45)38(47)39(48)36(46)25-43)27-11-15-34(41)28(23-27)17-19-40(20-21-40)33-24-42-22-18-31(33)32-9-5-6-10-37(32)49-30-13-14-30;1-21(6-4-5-16-32)22-9-12-28(31)23(18-22)19-34-30(14-15-30)27-20-33-17-13-25(27)26-7-2-3-8-29(26)35-24-10-11-24/h5-6,9-11,15,18,22-24,26,30,35-36,38-39,43,45-48H,2-4,7-8,12-14,16-17,19-21,25H2,1H3;2-3,7-9,12-13,17-18,20-21,24,34H,4-6,10-11,14-16,19,32H2,1H3/t26-,35+,36-,38-,39-;21-/m11/s1. The van der Waals surface area contributed by atoms with Gasteiger partial charge >= 0.3 is 0 Å². The Balaban J connectivity index is 0.000000213. The van der Waals surface area contributed by atoms with E-state index in [9.17, 15) is 25.2 Å². The van der Waals surface area contributed by atoms with Crippen LogP contribution in [-0.2, 0) is 28.7 Å². The largest absolute Gasteiger partial charge is 0.490 e. The molecule has 4 aliphatic carbocycles. The minimum Gasteiger partial charge on any atom is -0.490 e. The van der Waals surface area contributed by atoms with Crippen LogP contribution >= 0.6 is 23.2 Å². The molecule has 84 heavy (non-hydrogen) atoms. The number of aliphatic hydroxyl groups excluding tert-OH is 5. The second kappa shape index (κ2) is 29.9. The number of Topliss-reactive ketones (excluding diaryl/α,β-unsaturated/α-hetero) is 1. The van der Waals surface area contributed by atoms with E-state index in [2.05, 4.69) is 114 Å². The lowest BCUT2D eigenvalue weighted by molar-refractivity contribution is -0.125. The Morgan fingerprint density at radius 1 is 0.631 bits per heavy atom. The minimum absolute atomic E-state index is 0.0125. The van der Waals surface area contributed by atoms with Gasteiger partial charge in [0.05, 0.1) is 24.9 Å². The van der Waals surface area contributed by atoms with E-state index < -0.39 is 31.0 Å². The van der Waals surface area contributed by atoms with Gasteiger partial charge in [-0.2, -0.15) is 0 Å². The van der Waals surface area contributed by atoms with Gasteiger partial charge in [-0.15, -0.1) is 0 Å². The SMILES string of the molecule is C[C@H](CCCCCC(=O)CC[C@H](O)[C@@H](O)[C@H](O)[C@H](O)CO)c1ccc(Cl)c(CCC2(c3cnccc3-c3ccccc3OC3CC3)CC2)c1.C[C@H](CCCCN)c1ccc(Cl)c(CNC2(c3cnccc3-c3ccccc3OC3CC3)CC2)c1. The fourth-order valence-corrected chi connectivity index (χ4v) is 12.1. The minimum atomic E-state index is -1.68. The molecule has 10 rings (SSSR count). The third kappa shape index (κ3) is 17.0. The van der Waals surface area contributed by atoms with Crippen molar-refractivity contribution in [3.05, 3.63) is 165 Å². The molecule has 14 heteroatoms. The Hall–Kier alpha value is -5.25. The van der Waals surface area contributed by atoms with Crippen molar-refractivity contribution in [2.24, 2.45) is 5.73 Å². The molecule has 4 saturated carbocycles.